The first kappa shape index (κ1) is 19.8. The minimum Gasteiger partial charge on any atom is -0.390 e. The Morgan fingerprint density at radius 2 is 1.84 bits per heavy atom. The van der Waals surface area contributed by atoms with Gasteiger partial charge in [-0.05, 0) is 54.0 Å². The van der Waals surface area contributed by atoms with Crippen LogP contribution in [0, 0.1) is 5.41 Å². The molecule has 3 N–H and O–H groups in total. The van der Waals surface area contributed by atoms with Crippen LogP contribution in [0.1, 0.15) is 47.2 Å². The van der Waals surface area contributed by atoms with Crippen molar-refractivity contribution in [2.75, 3.05) is 18.0 Å². The van der Waals surface area contributed by atoms with E-state index in [9.17, 15) is 5.11 Å². The molecule has 0 unspecified atom stereocenters. The van der Waals surface area contributed by atoms with E-state index in [2.05, 4.69) is 49.1 Å². The van der Waals surface area contributed by atoms with Gasteiger partial charge in [0.25, 0.3) is 0 Å². The number of benzene rings is 1. The molecule has 31 heavy (non-hydrogen) atoms. The minimum absolute atomic E-state index is 0.0852. The standard InChI is InChI=1S/C24H26N6O/c25-22-19-5-2-1-4-17(19)14-24(22)8-12-30(13-9-24)23-20(16-31)29-18(15-28-23)6-7-21-26-10-3-11-27-21/h1-7,10-11,15,22,31H,8-9,12-14,16,25H2/b7-6-/t22-/m1/s1. The molecular formula is C24H26N6O. The summed E-state index contributed by atoms with van der Waals surface area (Å²) < 4.78 is 0. The van der Waals surface area contributed by atoms with E-state index in [1.54, 1.807) is 30.7 Å². The van der Waals surface area contributed by atoms with Crippen molar-refractivity contribution < 1.29 is 5.11 Å². The zero-order chi connectivity index (χ0) is 21.3. The topological polar surface area (TPSA) is 101 Å². The maximum atomic E-state index is 9.93. The SMILES string of the molecule is N[C@@H]1c2ccccc2CC12CCN(c1ncc(/C=C\c3ncccn3)nc1CO)CC2. The van der Waals surface area contributed by atoms with Gasteiger partial charge in [-0.3, -0.25) is 0 Å². The minimum atomic E-state index is -0.154. The maximum Gasteiger partial charge on any atom is 0.152 e. The highest BCUT2D eigenvalue weighted by molar-refractivity contribution is 5.64. The summed E-state index contributed by atoms with van der Waals surface area (Å²) in [4.78, 5) is 19.8. The average molecular weight is 415 g/mol. The van der Waals surface area contributed by atoms with Crippen molar-refractivity contribution in [3.8, 4) is 0 Å². The predicted molar refractivity (Wildman–Crippen MR) is 120 cm³/mol. The van der Waals surface area contributed by atoms with Crippen LogP contribution >= 0.6 is 0 Å². The summed E-state index contributed by atoms with van der Waals surface area (Å²) in [5, 5.41) is 9.93. The van der Waals surface area contributed by atoms with Gasteiger partial charge >= 0.3 is 0 Å². The third-order valence-electron chi connectivity index (χ3n) is 6.63. The molecule has 0 amide bonds. The molecule has 0 radical (unpaired) electrons. The van der Waals surface area contributed by atoms with E-state index >= 15 is 0 Å². The van der Waals surface area contributed by atoms with Crippen molar-refractivity contribution in [3.05, 3.63) is 77.3 Å². The van der Waals surface area contributed by atoms with Gasteiger partial charge in [0.15, 0.2) is 11.6 Å². The monoisotopic (exact) mass is 414 g/mol. The number of aliphatic hydroxyl groups excluding tert-OH is 1. The molecule has 3 heterocycles. The molecule has 7 nitrogen and oxygen atoms in total. The Hall–Kier alpha value is -3.16. The molecule has 2 aromatic heterocycles. The van der Waals surface area contributed by atoms with Crippen LogP contribution in [-0.2, 0) is 13.0 Å². The van der Waals surface area contributed by atoms with Crippen LogP contribution in [0.3, 0.4) is 0 Å². The lowest BCUT2D eigenvalue weighted by atomic mass is 9.73. The molecule has 3 aromatic rings. The summed E-state index contributed by atoms with van der Waals surface area (Å²) in [5.41, 5.74) is 10.8. The average Bonchev–Trinajstić information content (AvgIpc) is 3.10. The van der Waals surface area contributed by atoms with Gasteiger partial charge in [0, 0.05) is 31.5 Å². The van der Waals surface area contributed by atoms with Crippen LogP contribution in [0.2, 0.25) is 0 Å². The molecule has 158 valence electrons. The molecule has 1 spiro atoms. The number of hydrogen-bond acceptors (Lipinski definition) is 7. The fourth-order valence-electron chi connectivity index (χ4n) is 4.91. The Bertz CT molecular complexity index is 1090. The van der Waals surface area contributed by atoms with Crippen LogP contribution in [0.5, 0.6) is 0 Å². The largest absolute Gasteiger partial charge is 0.390 e. The summed E-state index contributed by atoms with van der Waals surface area (Å²) in [6, 6.07) is 10.4. The van der Waals surface area contributed by atoms with E-state index in [-0.39, 0.29) is 18.1 Å². The van der Waals surface area contributed by atoms with E-state index in [1.165, 1.54) is 11.1 Å². The Labute approximate surface area is 181 Å². The fourth-order valence-corrected chi connectivity index (χ4v) is 4.91. The lowest BCUT2D eigenvalue weighted by Crippen LogP contribution is -2.45. The Balaban J connectivity index is 1.31. The van der Waals surface area contributed by atoms with E-state index in [0.717, 1.165) is 38.2 Å². The molecule has 2 aliphatic rings. The number of nitrogens with two attached hydrogens (primary N) is 1. The number of aliphatic hydroxyl groups is 1. The second-order valence-electron chi connectivity index (χ2n) is 8.37. The quantitative estimate of drug-likeness (QED) is 0.677. The molecule has 1 aliphatic carbocycles. The number of piperidine rings is 1. The van der Waals surface area contributed by atoms with Crippen LogP contribution < -0.4 is 10.6 Å². The van der Waals surface area contributed by atoms with E-state index in [0.29, 0.717) is 17.2 Å². The highest BCUT2D eigenvalue weighted by Gasteiger charge is 2.46. The molecular weight excluding hydrogens is 388 g/mol. The first-order valence-electron chi connectivity index (χ1n) is 10.7. The molecule has 0 bridgehead atoms. The predicted octanol–water partition coefficient (Wildman–Crippen LogP) is 2.77. The molecule has 5 rings (SSSR count). The van der Waals surface area contributed by atoms with Gasteiger partial charge in [-0.25, -0.2) is 19.9 Å². The Kier molecular flexibility index (Phi) is 5.21. The van der Waals surface area contributed by atoms with Gasteiger partial charge in [0.2, 0.25) is 0 Å². The van der Waals surface area contributed by atoms with E-state index in [1.807, 2.05) is 6.08 Å². The second kappa shape index (κ2) is 8.17. The van der Waals surface area contributed by atoms with E-state index in [4.69, 9.17) is 5.73 Å². The van der Waals surface area contributed by atoms with Crippen LogP contribution in [-0.4, -0.2) is 38.1 Å². The maximum absolute atomic E-state index is 9.93. The molecule has 1 aromatic carbocycles. The lowest BCUT2D eigenvalue weighted by molar-refractivity contribution is 0.186. The zero-order valence-electron chi connectivity index (χ0n) is 17.4. The van der Waals surface area contributed by atoms with Gasteiger partial charge in [-0.15, -0.1) is 0 Å². The van der Waals surface area contributed by atoms with Crippen LogP contribution in [0.15, 0.2) is 48.9 Å². The van der Waals surface area contributed by atoms with Crippen molar-refractivity contribution in [1.29, 1.82) is 0 Å². The number of fused-ring (bicyclic) bond motifs is 1. The Morgan fingerprint density at radius 1 is 1.06 bits per heavy atom. The van der Waals surface area contributed by atoms with Gasteiger partial charge in [0.05, 0.1) is 18.5 Å². The normalized spacial score (nSPS) is 19.8. The zero-order valence-corrected chi connectivity index (χ0v) is 17.4. The highest BCUT2D eigenvalue weighted by atomic mass is 16.3. The molecule has 1 atom stereocenters. The number of anilines is 1. The summed E-state index contributed by atoms with van der Waals surface area (Å²) in [7, 11) is 0. The van der Waals surface area contributed by atoms with Crippen molar-refractivity contribution >= 4 is 18.0 Å². The van der Waals surface area contributed by atoms with Crippen molar-refractivity contribution in [2.24, 2.45) is 11.1 Å². The van der Waals surface area contributed by atoms with Crippen molar-refractivity contribution in [1.82, 2.24) is 19.9 Å². The molecule has 1 saturated heterocycles. The highest BCUT2D eigenvalue weighted by Crippen LogP contribution is 2.50. The molecule has 1 fully saturated rings. The smallest absolute Gasteiger partial charge is 0.152 e. The number of hydrogen-bond donors (Lipinski definition) is 2. The number of aromatic nitrogens is 4. The van der Waals surface area contributed by atoms with E-state index < -0.39 is 0 Å². The van der Waals surface area contributed by atoms with Gasteiger partial charge in [-0.1, -0.05) is 24.3 Å². The summed E-state index contributed by atoms with van der Waals surface area (Å²) in [5.74, 6) is 1.36. The molecule has 7 heteroatoms. The van der Waals surface area contributed by atoms with Crippen molar-refractivity contribution in [2.45, 2.75) is 31.9 Å². The number of rotatable bonds is 4. The Morgan fingerprint density at radius 3 is 2.58 bits per heavy atom. The lowest BCUT2D eigenvalue weighted by Gasteiger charge is -2.42. The molecule has 0 saturated carbocycles. The van der Waals surface area contributed by atoms with Gasteiger partial charge in [0.1, 0.15) is 5.69 Å². The first-order chi connectivity index (χ1) is 15.2. The third kappa shape index (κ3) is 3.71. The summed E-state index contributed by atoms with van der Waals surface area (Å²) >= 11 is 0. The van der Waals surface area contributed by atoms with Crippen LogP contribution in [0.25, 0.3) is 12.2 Å². The fraction of sp³-hybridized carbons (Fsp3) is 0.333. The molecule has 1 aliphatic heterocycles. The van der Waals surface area contributed by atoms with Gasteiger partial charge < -0.3 is 15.7 Å². The third-order valence-corrected chi connectivity index (χ3v) is 6.63. The van der Waals surface area contributed by atoms with Gasteiger partial charge in [-0.2, -0.15) is 0 Å². The summed E-state index contributed by atoms with van der Waals surface area (Å²) in [6.07, 6.45) is 11.8. The summed E-state index contributed by atoms with van der Waals surface area (Å²) in [6.45, 7) is 1.56. The van der Waals surface area contributed by atoms with Crippen LogP contribution in [0.4, 0.5) is 5.82 Å². The second-order valence-corrected chi connectivity index (χ2v) is 8.37. The van der Waals surface area contributed by atoms with Crippen molar-refractivity contribution in [3.63, 3.8) is 0 Å². The first-order valence-corrected chi connectivity index (χ1v) is 10.7. The number of nitrogens with zero attached hydrogens (tertiary/aromatic N) is 5.